The van der Waals surface area contributed by atoms with Gasteiger partial charge in [0, 0.05) is 17.5 Å². The molecule has 0 fully saturated rings. The van der Waals surface area contributed by atoms with Crippen LogP contribution in [-0.4, -0.2) is 16.5 Å². The van der Waals surface area contributed by atoms with Crippen molar-refractivity contribution in [3.63, 3.8) is 0 Å². The number of benzene rings is 1. The van der Waals surface area contributed by atoms with Gasteiger partial charge in [0.05, 0.1) is 11.9 Å². The number of hydrogen-bond acceptors (Lipinski definition) is 2. The predicted molar refractivity (Wildman–Crippen MR) is 80.3 cm³/mol. The predicted octanol–water partition coefficient (Wildman–Crippen LogP) is 3.24. The second-order valence-electron chi connectivity index (χ2n) is 5.91. The lowest BCUT2D eigenvalue weighted by Crippen LogP contribution is -2.29. The Bertz CT molecular complexity index is 594. The lowest BCUT2D eigenvalue weighted by atomic mass is 9.93. The first-order chi connectivity index (χ1) is 8.86. The van der Waals surface area contributed by atoms with Crippen LogP contribution in [0.1, 0.15) is 36.4 Å². The number of nitrogens with two attached hydrogens (primary N) is 1. The lowest BCUT2D eigenvalue weighted by molar-refractivity contribution is 0.508. The minimum atomic E-state index is -0.119. The van der Waals surface area contributed by atoms with Crippen molar-refractivity contribution in [1.82, 2.24) is 9.97 Å². The third-order valence-corrected chi connectivity index (χ3v) is 4.08. The molecular formula is C16H23N3. The Morgan fingerprint density at radius 3 is 2.47 bits per heavy atom. The average molecular weight is 257 g/mol. The molecule has 2 rings (SSSR count). The molecule has 0 unspecified atom stereocenters. The van der Waals surface area contributed by atoms with Crippen LogP contribution in [0, 0.1) is 20.8 Å². The highest BCUT2D eigenvalue weighted by Gasteiger charge is 2.22. The maximum absolute atomic E-state index is 5.80. The topological polar surface area (TPSA) is 54.7 Å². The van der Waals surface area contributed by atoms with Crippen LogP contribution in [-0.2, 0) is 5.41 Å². The molecule has 0 aliphatic heterocycles. The maximum atomic E-state index is 5.80. The molecule has 1 heterocycles. The van der Waals surface area contributed by atoms with E-state index in [1.165, 1.54) is 22.3 Å². The SMILES string of the molecule is Cc1ccc(-c2cnc(C(C)(C)CN)[nH]2)c(C)c1C. The largest absolute Gasteiger partial charge is 0.342 e. The second kappa shape index (κ2) is 4.82. The number of imidazole rings is 1. The summed E-state index contributed by atoms with van der Waals surface area (Å²) in [7, 11) is 0. The van der Waals surface area contributed by atoms with E-state index in [9.17, 15) is 0 Å². The van der Waals surface area contributed by atoms with Gasteiger partial charge in [-0.15, -0.1) is 0 Å². The summed E-state index contributed by atoms with van der Waals surface area (Å²) < 4.78 is 0. The van der Waals surface area contributed by atoms with Gasteiger partial charge in [0.2, 0.25) is 0 Å². The van der Waals surface area contributed by atoms with Crippen molar-refractivity contribution in [2.45, 2.75) is 40.0 Å². The van der Waals surface area contributed by atoms with Gasteiger partial charge in [-0.05, 0) is 37.5 Å². The van der Waals surface area contributed by atoms with Gasteiger partial charge in [-0.3, -0.25) is 0 Å². The van der Waals surface area contributed by atoms with E-state index in [0.717, 1.165) is 11.5 Å². The summed E-state index contributed by atoms with van der Waals surface area (Å²) in [4.78, 5) is 7.91. The van der Waals surface area contributed by atoms with Gasteiger partial charge in [-0.1, -0.05) is 26.0 Å². The molecule has 19 heavy (non-hydrogen) atoms. The Hall–Kier alpha value is -1.61. The van der Waals surface area contributed by atoms with Gasteiger partial charge >= 0.3 is 0 Å². The summed E-state index contributed by atoms with van der Waals surface area (Å²) >= 11 is 0. The van der Waals surface area contributed by atoms with Gasteiger partial charge in [0.15, 0.2) is 0 Å². The van der Waals surface area contributed by atoms with Crippen molar-refractivity contribution >= 4 is 0 Å². The summed E-state index contributed by atoms with van der Waals surface area (Å²) in [6, 6.07) is 4.32. The molecule has 1 aromatic carbocycles. The Morgan fingerprint density at radius 2 is 1.84 bits per heavy atom. The minimum absolute atomic E-state index is 0.119. The number of aromatic amines is 1. The van der Waals surface area contributed by atoms with Crippen LogP contribution in [0.5, 0.6) is 0 Å². The van der Waals surface area contributed by atoms with E-state index >= 15 is 0 Å². The number of nitrogens with one attached hydrogen (secondary N) is 1. The minimum Gasteiger partial charge on any atom is -0.342 e. The monoisotopic (exact) mass is 257 g/mol. The zero-order valence-electron chi connectivity index (χ0n) is 12.5. The van der Waals surface area contributed by atoms with Gasteiger partial charge in [0.1, 0.15) is 5.82 Å². The Morgan fingerprint density at radius 1 is 1.16 bits per heavy atom. The fourth-order valence-corrected chi connectivity index (χ4v) is 2.15. The van der Waals surface area contributed by atoms with Crippen molar-refractivity contribution < 1.29 is 0 Å². The molecule has 0 radical (unpaired) electrons. The molecule has 102 valence electrons. The molecule has 0 aliphatic carbocycles. The number of hydrogen-bond donors (Lipinski definition) is 2. The van der Waals surface area contributed by atoms with E-state index < -0.39 is 0 Å². The van der Waals surface area contributed by atoms with Crippen molar-refractivity contribution in [1.29, 1.82) is 0 Å². The smallest absolute Gasteiger partial charge is 0.113 e. The maximum Gasteiger partial charge on any atom is 0.113 e. The van der Waals surface area contributed by atoms with E-state index in [-0.39, 0.29) is 5.41 Å². The first kappa shape index (κ1) is 13.8. The van der Waals surface area contributed by atoms with Crippen molar-refractivity contribution in [3.8, 4) is 11.3 Å². The number of aryl methyl sites for hydroxylation is 1. The van der Waals surface area contributed by atoms with E-state index in [1.54, 1.807) is 0 Å². The number of rotatable bonds is 3. The van der Waals surface area contributed by atoms with Crippen molar-refractivity contribution in [2.75, 3.05) is 6.54 Å². The third kappa shape index (κ3) is 2.43. The molecule has 0 saturated heterocycles. The molecule has 0 amide bonds. The van der Waals surface area contributed by atoms with Crippen LogP contribution >= 0.6 is 0 Å². The molecule has 0 atom stereocenters. The molecule has 1 aromatic heterocycles. The Balaban J connectivity index is 2.47. The standard InChI is InChI=1S/C16H23N3/c1-10-6-7-13(12(3)11(10)2)14-8-18-15(19-14)16(4,5)9-17/h6-8H,9,17H2,1-5H3,(H,18,19). The van der Waals surface area contributed by atoms with E-state index in [4.69, 9.17) is 5.73 Å². The van der Waals surface area contributed by atoms with Crippen LogP contribution in [0.3, 0.4) is 0 Å². The van der Waals surface area contributed by atoms with Crippen LogP contribution in [0.4, 0.5) is 0 Å². The fraction of sp³-hybridized carbons (Fsp3) is 0.438. The summed E-state index contributed by atoms with van der Waals surface area (Å²) in [5.74, 6) is 0.947. The molecule has 3 nitrogen and oxygen atoms in total. The Kier molecular flexibility index (Phi) is 3.50. The molecular weight excluding hydrogens is 234 g/mol. The quantitative estimate of drug-likeness (QED) is 0.887. The van der Waals surface area contributed by atoms with E-state index in [2.05, 4.69) is 56.7 Å². The van der Waals surface area contributed by atoms with E-state index in [0.29, 0.717) is 6.54 Å². The van der Waals surface area contributed by atoms with Crippen LogP contribution in [0.25, 0.3) is 11.3 Å². The van der Waals surface area contributed by atoms with Gasteiger partial charge in [-0.2, -0.15) is 0 Å². The zero-order valence-corrected chi connectivity index (χ0v) is 12.5. The molecule has 0 saturated carbocycles. The highest BCUT2D eigenvalue weighted by Crippen LogP contribution is 2.28. The highest BCUT2D eigenvalue weighted by molar-refractivity contribution is 5.65. The number of nitrogens with zero attached hydrogens (tertiary/aromatic N) is 1. The number of H-pyrrole nitrogens is 1. The first-order valence-corrected chi connectivity index (χ1v) is 6.69. The van der Waals surface area contributed by atoms with Gasteiger partial charge in [0.25, 0.3) is 0 Å². The highest BCUT2D eigenvalue weighted by atomic mass is 14.9. The molecule has 0 bridgehead atoms. The lowest BCUT2D eigenvalue weighted by Gasteiger charge is -2.19. The van der Waals surface area contributed by atoms with Crippen molar-refractivity contribution in [3.05, 3.63) is 40.8 Å². The summed E-state index contributed by atoms with van der Waals surface area (Å²) in [6.07, 6.45) is 1.91. The average Bonchev–Trinajstić information content (AvgIpc) is 2.86. The molecule has 0 aliphatic rings. The summed E-state index contributed by atoms with van der Waals surface area (Å²) in [6.45, 7) is 11.2. The zero-order chi connectivity index (χ0) is 14.2. The van der Waals surface area contributed by atoms with Gasteiger partial charge in [-0.25, -0.2) is 4.98 Å². The normalized spacial score (nSPS) is 11.9. The Labute approximate surface area is 115 Å². The van der Waals surface area contributed by atoms with Crippen molar-refractivity contribution in [2.24, 2.45) is 5.73 Å². The first-order valence-electron chi connectivity index (χ1n) is 6.69. The van der Waals surface area contributed by atoms with Crippen LogP contribution in [0.2, 0.25) is 0 Å². The van der Waals surface area contributed by atoms with Gasteiger partial charge < -0.3 is 10.7 Å². The second-order valence-corrected chi connectivity index (χ2v) is 5.91. The van der Waals surface area contributed by atoms with Crippen LogP contribution in [0.15, 0.2) is 18.3 Å². The summed E-state index contributed by atoms with van der Waals surface area (Å²) in [5, 5.41) is 0. The molecule has 3 N–H and O–H groups in total. The third-order valence-electron chi connectivity index (χ3n) is 4.08. The van der Waals surface area contributed by atoms with Crippen LogP contribution < -0.4 is 5.73 Å². The summed E-state index contributed by atoms with van der Waals surface area (Å²) in [5.41, 5.74) is 11.9. The molecule has 0 spiro atoms. The fourth-order valence-electron chi connectivity index (χ4n) is 2.15. The van der Waals surface area contributed by atoms with E-state index in [1.807, 2.05) is 6.20 Å². The number of aromatic nitrogens is 2. The molecule has 2 aromatic rings. The molecule has 3 heteroatoms.